The molecule has 2 fully saturated rings. The van der Waals surface area contributed by atoms with Crippen molar-refractivity contribution >= 4 is 19.0 Å². The van der Waals surface area contributed by atoms with E-state index in [1.165, 1.54) is 0 Å². The van der Waals surface area contributed by atoms with Gasteiger partial charge in [-0.2, -0.15) is 0 Å². The van der Waals surface area contributed by atoms with Gasteiger partial charge in [-0.1, -0.05) is 6.42 Å². The highest BCUT2D eigenvalue weighted by Gasteiger charge is 2.50. The van der Waals surface area contributed by atoms with E-state index in [2.05, 4.69) is 15.6 Å². The highest BCUT2D eigenvalue weighted by Crippen LogP contribution is 2.30. The molecule has 0 spiro atoms. The number of nitrogens with two attached hydrogens (primary N) is 1. The molecule has 0 aromatic carbocycles. The van der Waals surface area contributed by atoms with Crippen LogP contribution in [0.3, 0.4) is 0 Å². The summed E-state index contributed by atoms with van der Waals surface area (Å²) in [6.45, 7) is 2.60. The zero-order valence-electron chi connectivity index (χ0n) is 14.8. The number of guanidine groups is 1. The molecule has 2 atom stereocenters. The van der Waals surface area contributed by atoms with Gasteiger partial charge in [0.05, 0.1) is 0 Å². The molecule has 2 aliphatic rings. The molecule has 0 aromatic rings. The lowest BCUT2D eigenvalue weighted by molar-refractivity contribution is -0.144. The van der Waals surface area contributed by atoms with E-state index in [0.717, 1.165) is 25.9 Å². The predicted molar refractivity (Wildman–Crippen MR) is 96.2 cm³/mol. The van der Waals surface area contributed by atoms with Gasteiger partial charge in [-0.3, -0.25) is 9.79 Å². The minimum atomic E-state index is -1.37. The SMILES string of the molecule is C/N=C(/NC1CCNCC1)N1CC(CCCB(O)O)C(N)(C(=O)O)C1. The fraction of sp³-hybridized carbons (Fsp3) is 0.867. The summed E-state index contributed by atoms with van der Waals surface area (Å²) in [5.74, 6) is -0.607. The van der Waals surface area contributed by atoms with Crippen molar-refractivity contribution in [2.24, 2.45) is 16.6 Å². The highest BCUT2D eigenvalue weighted by atomic mass is 16.4. The highest BCUT2D eigenvalue weighted by molar-refractivity contribution is 6.40. The number of carboxylic acid groups (broad SMARTS) is 1. The van der Waals surface area contributed by atoms with Crippen molar-refractivity contribution in [1.29, 1.82) is 0 Å². The number of hydrogen-bond donors (Lipinski definition) is 6. The van der Waals surface area contributed by atoms with Crippen molar-refractivity contribution in [1.82, 2.24) is 15.5 Å². The van der Waals surface area contributed by atoms with Crippen molar-refractivity contribution in [3.8, 4) is 0 Å². The molecule has 142 valence electrons. The molecule has 0 aromatic heterocycles. The van der Waals surface area contributed by atoms with Crippen LogP contribution in [0.1, 0.15) is 25.7 Å². The van der Waals surface area contributed by atoms with Gasteiger partial charge in [-0.15, -0.1) is 0 Å². The third-order valence-corrected chi connectivity index (χ3v) is 5.22. The molecule has 2 unspecified atom stereocenters. The number of rotatable bonds is 6. The summed E-state index contributed by atoms with van der Waals surface area (Å²) < 4.78 is 0. The Hall–Kier alpha value is -1.36. The van der Waals surface area contributed by atoms with E-state index in [1.807, 2.05) is 4.90 Å². The quantitative estimate of drug-likeness (QED) is 0.188. The van der Waals surface area contributed by atoms with E-state index in [4.69, 9.17) is 15.8 Å². The summed E-state index contributed by atoms with van der Waals surface area (Å²) in [4.78, 5) is 18.0. The van der Waals surface area contributed by atoms with Crippen LogP contribution in [-0.2, 0) is 4.79 Å². The maximum absolute atomic E-state index is 11.8. The summed E-state index contributed by atoms with van der Waals surface area (Å²) in [5.41, 5.74) is 4.87. The minimum absolute atomic E-state index is 0.194. The van der Waals surface area contributed by atoms with Crippen LogP contribution in [0.2, 0.25) is 6.32 Å². The molecule has 7 N–H and O–H groups in total. The summed E-state index contributed by atoms with van der Waals surface area (Å²) in [5, 5.41) is 34.3. The van der Waals surface area contributed by atoms with E-state index in [1.54, 1.807) is 7.05 Å². The number of carboxylic acids is 1. The summed E-state index contributed by atoms with van der Waals surface area (Å²) >= 11 is 0. The molecule has 0 saturated carbocycles. The molecule has 10 heteroatoms. The van der Waals surface area contributed by atoms with Crippen LogP contribution in [0.4, 0.5) is 0 Å². The van der Waals surface area contributed by atoms with Gasteiger partial charge in [0.25, 0.3) is 0 Å². The van der Waals surface area contributed by atoms with Crippen LogP contribution in [0.5, 0.6) is 0 Å². The van der Waals surface area contributed by atoms with Crippen molar-refractivity contribution < 1.29 is 19.9 Å². The zero-order valence-corrected chi connectivity index (χ0v) is 14.8. The Morgan fingerprint density at radius 1 is 1.44 bits per heavy atom. The number of hydrogen-bond acceptors (Lipinski definition) is 6. The van der Waals surface area contributed by atoms with E-state index < -0.39 is 18.6 Å². The molecule has 2 heterocycles. The Bertz CT molecular complexity index is 487. The van der Waals surface area contributed by atoms with Gasteiger partial charge in [0.2, 0.25) is 0 Å². The Balaban J connectivity index is 2.01. The monoisotopic (exact) mass is 355 g/mol. The average molecular weight is 355 g/mol. The minimum Gasteiger partial charge on any atom is -0.480 e. The van der Waals surface area contributed by atoms with E-state index in [0.29, 0.717) is 31.4 Å². The van der Waals surface area contributed by atoms with Crippen molar-refractivity contribution in [3.05, 3.63) is 0 Å². The molecular formula is C15H30BN5O4. The largest absolute Gasteiger partial charge is 0.480 e. The third-order valence-electron chi connectivity index (χ3n) is 5.22. The Morgan fingerprint density at radius 3 is 2.68 bits per heavy atom. The molecule has 0 amide bonds. The second kappa shape index (κ2) is 8.84. The molecule has 2 aliphatic heterocycles. The van der Waals surface area contributed by atoms with Crippen LogP contribution in [0.15, 0.2) is 4.99 Å². The molecule has 2 saturated heterocycles. The maximum atomic E-state index is 11.8. The second-order valence-corrected chi connectivity index (χ2v) is 7.05. The lowest BCUT2D eigenvalue weighted by Gasteiger charge is -2.29. The third kappa shape index (κ3) is 5.07. The van der Waals surface area contributed by atoms with Crippen molar-refractivity contribution in [2.45, 2.75) is 43.6 Å². The number of aliphatic carboxylic acids is 1. The van der Waals surface area contributed by atoms with Crippen molar-refractivity contribution in [2.75, 3.05) is 33.2 Å². The smallest absolute Gasteiger partial charge is 0.451 e. The second-order valence-electron chi connectivity index (χ2n) is 7.05. The first-order chi connectivity index (χ1) is 11.9. The standard InChI is InChI=1S/C15H30BN5O4/c1-18-14(20-12-4-7-19-8-5-12)21-9-11(3-2-6-16(24)25)15(17,10-21)13(22)23/h11-12,19,24-25H,2-10,17H2,1H3,(H,18,20)(H,22,23). The van der Waals surface area contributed by atoms with Gasteiger partial charge in [-0.25, -0.2) is 0 Å². The number of nitrogens with zero attached hydrogens (tertiary/aromatic N) is 2. The lowest BCUT2D eigenvalue weighted by Crippen LogP contribution is -2.56. The van der Waals surface area contributed by atoms with Crippen LogP contribution >= 0.6 is 0 Å². The fourth-order valence-electron chi connectivity index (χ4n) is 3.68. The zero-order chi connectivity index (χ0) is 18.4. The molecule has 0 aliphatic carbocycles. The van der Waals surface area contributed by atoms with Gasteiger partial charge >= 0.3 is 13.1 Å². The van der Waals surface area contributed by atoms with Gasteiger partial charge in [0.1, 0.15) is 5.54 Å². The van der Waals surface area contributed by atoms with Gasteiger partial charge in [0, 0.05) is 32.1 Å². The van der Waals surface area contributed by atoms with Crippen LogP contribution in [0.25, 0.3) is 0 Å². The fourth-order valence-corrected chi connectivity index (χ4v) is 3.68. The normalized spacial score (nSPS) is 28.2. The number of nitrogens with one attached hydrogen (secondary N) is 2. The predicted octanol–water partition coefficient (Wildman–Crippen LogP) is -1.72. The molecule has 0 bridgehead atoms. The Labute approximate surface area is 148 Å². The van der Waals surface area contributed by atoms with Crippen LogP contribution in [-0.4, -0.2) is 83.9 Å². The number of carbonyl (C=O) groups is 1. The van der Waals surface area contributed by atoms with E-state index in [-0.39, 0.29) is 18.8 Å². The van der Waals surface area contributed by atoms with E-state index >= 15 is 0 Å². The molecule has 25 heavy (non-hydrogen) atoms. The summed E-state index contributed by atoms with van der Waals surface area (Å²) in [6, 6.07) is 0.320. The summed E-state index contributed by atoms with van der Waals surface area (Å²) in [6.07, 6.45) is 3.26. The number of likely N-dealkylation sites (tertiary alicyclic amines) is 1. The molecule has 9 nitrogen and oxygen atoms in total. The van der Waals surface area contributed by atoms with Gasteiger partial charge < -0.3 is 36.4 Å². The van der Waals surface area contributed by atoms with Crippen LogP contribution < -0.4 is 16.4 Å². The van der Waals surface area contributed by atoms with Gasteiger partial charge in [-0.05, 0) is 38.7 Å². The molecular weight excluding hydrogens is 325 g/mol. The molecule has 2 rings (SSSR count). The topological polar surface area (TPSA) is 143 Å². The van der Waals surface area contributed by atoms with E-state index in [9.17, 15) is 9.90 Å². The number of piperidine rings is 1. The Kier molecular flexibility index (Phi) is 7.06. The molecule has 0 radical (unpaired) electrons. The number of aliphatic imine (C=N–C) groups is 1. The van der Waals surface area contributed by atoms with Crippen LogP contribution in [0, 0.1) is 5.92 Å². The first-order valence-electron chi connectivity index (χ1n) is 8.94. The maximum Gasteiger partial charge on any atom is 0.451 e. The summed E-state index contributed by atoms with van der Waals surface area (Å²) in [7, 11) is 0.321. The van der Waals surface area contributed by atoms with Gasteiger partial charge in [0.15, 0.2) is 5.96 Å². The van der Waals surface area contributed by atoms with Crippen molar-refractivity contribution in [3.63, 3.8) is 0 Å². The lowest BCUT2D eigenvalue weighted by atomic mass is 9.78. The average Bonchev–Trinajstić information content (AvgIpc) is 2.91. The first-order valence-corrected chi connectivity index (χ1v) is 8.94. The Morgan fingerprint density at radius 2 is 2.12 bits per heavy atom. The first kappa shape index (κ1) is 20.0.